The van der Waals surface area contributed by atoms with Gasteiger partial charge in [-0.15, -0.1) is 11.8 Å². The van der Waals surface area contributed by atoms with E-state index in [2.05, 4.69) is 15.5 Å². The summed E-state index contributed by atoms with van der Waals surface area (Å²) in [7, 11) is 1.62. The van der Waals surface area contributed by atoms with E-state index in [4.69, 9.17) is 9.26 Å². The minimum Gasteiger partial charge on any atom is -0.497 e. The summed E-state index contributed by atoms with van der Waals surface area (Å²) in [6.45, 7) is 2.22. The fourth-order valence-corrected chi connectivity index (χ4v) is 2.36. The Bertz CT molecular complexity index is 601. The lowest BCUT2D eigenvalue weighted by Crippen LogP contribution is -2.24. The van der Waals surface area contributed by atoms with Crippen molar-refractivity contribution in [2.24, 2.45) is 0 Å². The number of rotatable bonds is 7. The number of carbonyl (C=O) groups is 1. The van der Waals surface area contributed by atoms with Crippen LogP contribution in [0.5, 0.6) is 5.75 Å². The van der Waals surface area contributed by atoms with Crippen molar-refractivity contribution < 1.29 is 14.1 Å². The van der Waals surface area contributed by atoms with Gasteiger partial charge in [0.1, 0.15) is 5.75 Å². The molecule has 1 amide bonds. The van der Waals surface area contributed by atoms with Crippen LogP contribution < -0.4 is 10.1 Å². The van der Waals surface area contributed by atoms with Gasteiger partial charge < -0.3 is 14.6 Å². The number of amides is 1. The van der Waals surface area contributed by atoms with E-state index >= 15 is 0 Å². The zero-order valence-electron chi connectivity index (χ0n) is 12.0. The normalized spacial score (nSPS) is 10.4. The summed E-state index contributed by atoms with van der Waals surface area (Å²) in [4.78, 5) is 15.8. The molecule has 1 aromatic heterocycles. The van der Waals surface area contributed by atoms with Crippen molar-refractivity contribution in [2.45, 2.75) is 19.2 Å². The number of aromatic nitrogens is 2. The molecule has 21 heavy (non-hydrogen) atoms. The van der Waals surface area contributed by atoms with E-state index in [-0.39, 0.29) is 5.91 Å². The first-order chi connectivity index (χ1) is 10.2. The van der Waals surface area contributed by atoms with Crippen LogP contribution in [0.4, 0.5) is 0 Å². The number of nitrogens with zero attached hydrogens (tertiary/aromatic N) is 2. The van der Waals surface area contributed by atoms with E-state index in [0.29, 0.717) is 29.8 Å². The smallest absolute Gasteiger partial charge is 0.230 e. The van der Waals surface area contributed by atoms with Gasteiger partial charge in [-0.05, 0) is 17.7 Å². The van der Waals surface area contributed by atoms with Gasteiger partial charge in [-0.2, -0.15) is 4.98 Å². The molecule has 6 nitrogen and oxygen atoms in total. The number of aryl methyl sites for hydroxylation is 1. The molecule has 0 bridgehead atoms. The lowest BCUT2D eigenvalue weighted by atomic mass is 10.2. The van der Waals surface area contributed by atoms with E-state index in [1.54, 1.807) is 14.0 Å². The van der Waals surface area contributed by atoms with Crippen molar-refractivity contribution in [3.8, 4) is 5.75 Å². The Balaban J connectivity index is 1.69. The average molecular weight is 307 g/mol. The third-order valence-electron chi connectivity index (χ3n) is 2.66. The van der Waals surface area contributed by atoms with Crippen LogP contribution in [-0.4, -0.2) is 28.9 Å². The molecule has 0 aliphatic rings. The molecule has 0 aliphatic heterocycles. The van der Waals surface area contributed by atoms with Crippen molar-refractivity contribution >= 4 is 17.7 Å². The van der Waals surface area contributed by atoms with Gasteiger partial charge in [0.2, 0.25) is 11.8 Å². The topological polar surface area (TPSA) is 77.2 Å². The van der Waals surface area contributed by atoms with E-state index in [9.17, 15) is 4.79 Å². The van der Waals surface area contributed by atoms with Crippen molar-refractivity contribution in [1.82, 2.24) is 15.5 Å². The Morgan fingerprint density at radius 1 is 1.48 bits per heavy atom. The maximum absolute atomic E-state index is 11.7. The van der Waals surface area contributed by atoms with Crippen LogP contribution in [0.3, 0.4) is 0 Å². The quantitative estimate of drug-likeness (QED) is 0.842. The highest BCUT2D eigenvalue weighted by atomic mass is 32.2. The molecule has 7 heteroatoms. The predicted octanol–water partition coefficient (Wildman–Crippen LogP) is 1.94. The van der Waals surface area contributed by atoms with Crippen LogP contribution in [0.15, 0.2) is 28.8 Å². The Morgan fingerprint density at radius 3 is 3.05 bits per heavy atom. The third kappa shape index (κ3) is 5.11. The van der Waals surface area contributed by atoms with Gasteiger partial charge in [-0.3, -0.25) is 4.79 Å². The Morgan fingerprint density at radius 2 is 2.33 bits per heavy atom. The van der Waals surface area contributed by atoms with E-state index in [1.165, 1.54) is 11.8 Å². The van der Waals surface area contributed by atoms with Crippen LogP contribution in [0.1, 0.15) is 17.3 Å². The molecule has 0 aliphatic carbocycles. The molecule has 0 unspecified atom stereocenters. The highest BCUT2D eigenvalue weighted by Gasteiger charge is 2.06. The zero-order valence-corrected chi connectivity index (χ0v) is 12.8. The first-order valence-corrected chi connectivity index (χ1v) is 7.59. The summed E-state index contributed by atoms with van der Waals surface area (Å²) >= 11 is 1.45. The molecule has 0 saturated heterocycles. The first-order valence-electron chi connectivity index (χ1n) is 6.44. The number of nitrogens with one attached hydrogen (secondary N) is 1. The SMILES string of the molecule is COc1cccc(CNC(=O)CSCc2noc(C)n2)c1. The van der Waals surface area contributed by atoms with Crippen molar-refractivity contribution in [1.29, 1.82) is 0 Å². The van der Waals surface area contributed by atoms with E-state index in [1.807, 2.05) is 24.3 Å². The number of hydrogen-bond acceptors (Lipinski definition) is 6. The molecule has 2 rings (SSSR count). The van der Waals surface area contributed by atoms with Gasteiger partial charge in [-0.1, -0.05) is 17.3 Å². The summed E-state index contributed by atoms with van der Waals surface area (Å²) < 4.78 is 10.0. The second kappa shape index (κ2) is 7.68. The predicted molar refractivity (Wildman–Crippen MR) is 80.0 cm³/mol. The molecular weight excluding hydrogens is 290 g/mol. The van der Waals surface area contributed by atoms with Gasteiger partial charge >= 0.3 is 0 Å². The number of methoxy groups -OCH3 is 1. The van der Waals surface area contributed by atoms with E-state index in [0.717, 1.165) is 11.3 Å². The molecule has 112 valence electrons. The molecule has 0 saturated carbocycles. The highest BCUT2D eigenvalue weighted by Crippen LogP contribution is 2.12. The molecular formula is C14H17N3O3S. The highest BCUT2D eigenvalue weighted by molar-refractivity contribution is 7.99. The summed E-state index contributed by atoms with van der Waals surface area (Å²) in [5.41, 5.74) is 1.00. The second-order valence-electron chi connectivity index (χ2n) is 4.35. The largest absolute Gasteiger partial charge is 0.497 e. The zero-order chi connectivity index (χ0) is 15.1. The van der Waals surface area contributed by atoms with Crippen molar-refractivity contribution in [3.05, 3.63) is 41.5 Å². The lowest BCUT2D eigenvalue weighted by Gasteiger charge is -2.06. The molecule has 0 atom stereocenters. The number of ether oxygens (including phenoxy) is 1. The van der Waals surface area contributed by atoms with Crippen molar-refractivity contribution in [3.63, 3.8) is 0 Å². The maximum Gasteiger partial charge on any atom is 0.230 e. The third-order valence-corrected chi connectivity index (χ3v) is 3.59. The molecule has 1 heterocycles. The van der Waals surface area contributed by atoms with Gasteiger partial charge in [0.05, 0.1) is 18.6 Å². The fraction of sp³-hybridized carbons (Fsp3) is 0.357. The molecule has 0 spiro atoms. The number of benzene rings is 1. The number of hydrogen-bond donors (Lipinski definition) is 1. The van der Waals surface area contributed by atoms with Crippen LogP contribution in [-0.2, 0) is 17.1 Å². The number of thioether (sulfide) groups is 1. The monoisotopic (exact) mass is 307 g/mol. The lowest BCUT2D eigenvalue weighted by molar-refractivity contribution is -0.118. The van der Waals surface area contributed by atoms with Gasteiger partial charge in [-0.25, -0.2) is 0 Å². The van der Waals surface area contributed by atoms with Crippen molar-refractivity contribution in [2.75, 3.05) is 12.9 Å². The van der Waals surface area contributed by atoms with E-state index < -0.39 is 0 Å². The van der Waals surface area contributed by atoms with Gasteiger partial charge in [0.15, 0.2) is 5.82 Å². The minimum atomic E-state index is -0.0250. The van der Waals surface area contributed by atoms with Crippen LogP contribution in [0.25, 0.3) is 0 Å². The molecule has 0 radical (unpaired) electrons. The fourth-order valence-electron chi connectivity index (χ4n) is 1.67. The first kappa shape index (κ1) is 15.4. The van der Waals surface area contributed by atoms with Crippen LogP contribution in [0.2, 0.25) is 0 Å². The van der Waals surface area contributed by atoms with Crippen LogP contribution >= 0.6 is 11.8 Å². The second-order valence-corrected chi connectivity index (χ2v) is 5.34. The standard InChI is InChI=1S/C14H17N3O3S/c1-10-16-13(17-20-10)8-21-9-14(18)15-7-11-4-3-5-12(6-11)19-2/h3-6H,7-9H2,1-2H3,(H,15,18). The minimum absolute atomic E-state index is 0.0250. The molecule has 1 aromatic carbocycles. The molecule has 0 fully saturated rings. The summed E-state index contributed by atoms with van der Waals surface area (Å²) in [6.07, 6.45) is 0. The van der Waals surface area contributed by atoms with Gasteiger partial charge in [0.25, 0.3) is 0 Å². The summed E-state index contributed by atoms with van der Waals surface area (Å²) in [5, 5.41) is 6.63. The molecule has 2 aromatic rings. The summed E-state index contributed by atoms with van der Waals surface area (Å²) in [6, 6.07) is 7.61. The summed E-state index contributed by atoms with van der Waals surface area (Å²) in [5.74, 6) is 2.82. The Hall–Kier alpha value is -2.02. The number of carbonyl (C=O) groups excluding carboxylic acids is 1. The van der Waals surface area contributed by atoms with Gasteiger partial charge in [0, 0.05) is 13.5 Å². The maximum atomic E-state index is 11.7. The Labute approximate surface area is 127 Å². The average Bonchev–Trinajstić information content (AvgIpc) is 2.91. The Kier molecular flexibility index (Phi) is 5.62. The van der Waals surface area contributed by atoms with Crippen LogP contribution in [0, 0.1) is 6.92 Å². The molecule has 1 N–H and O–H groups in total.